The smallest absolute Gasteiger partial charge is 0.362 e. The maximum Gasteiger partial charge on any atom is 0.435 e. The van der Waals surface area contributed by atoms with Crippen molar-refractivity contribution in [2.45, 2.75) is 18.9 Å². The number of benzene rings is 1. The van der Waals surface area contributed by atoms with Gasteiger partial charge in [-0.05, 0) is 30.3 Å². The molecule has 182 valence electrons. The van der Waals surface area contributed by atoms with Crippen molar-refractivity contribution in [3.63, 3.8) is 0 Å². The molecule has 0 aliphatic carbocycles. The molecule has 34 heavy (non-hydrogen) atoms. The molecule has 3 rings (SSSR count). The molecular weight excluding hydrogens is 490 g/mol. The molecular formula is C20H17ClF6N6O. The fourth-order valence-corrected chi connectivity index (χ4v) is 3.14. The third-order valence-electron chi connectivity index (χ3n) is 4.41. The number of hydrogen-bond donors (Lipinski definition) is 2. The predicted octanol–water partition coefficient (Wildman–Crippen LogP) is 5.35. The summed E-state index contributed by atoms with van der Waals surface area (Å²) in [6.07, 6.45) is -8.44. The highest BCUT2D eigenvalue weighted by atomic mass is 35.5. The average molecular weight is 507 g/mol. The zero-order valence-corrected chi connectivity index (χ0v) is 18.3. The number of rotatable bonds is 5. The largest absolute Gasteiger partial charge is 0.435 e. The van der Waals surface area contributed by atoms with Crippen LogP contribution >= 0.6 is 11.6 Å². The molecule has 0 unspecified atom stereocenters. The average Bonchev–Trinajstić information content (AvgIpc) is 3.16. The topological polar surface area (TPSA) is 75.1 Å². The molecule has 3 aromatic rings. The normalized spacial score (nSPS) is 11.9. The lowest BCUT2D eigenvalue weighted by Crippen LogP contribution is -2.29. The summed E-state index contributed by atoms with van der Waals surface area (Å²) in [4.78, 5) is 17.1. The molecule has 0 saturated carbocycles. The van der Waals surface area contributed by atoms with Crippen LogP contribution < -0.4 is 15.5 Å². The van der Waals surface area contributed by atoms with Gasteiger partial charge in [0.25, 0.3) is 0 Å². The molecule has 2 heterocycles. The molecule has 2 aromatic heterocycles. The van der Waals surface area contributed by atoms with E-state index in [4.69, 9.17) is 11.6 Å². The molecule has 0 bridgehead atoms. The summed E-state index contributed by atoms with van der Waals surface area (Å²) in [5.41, 5.74) is -2.33. The Kier molecular flexibility index (Phi) is 6.96. The van der Waals surface area contributed by atoms with Crippen molar-refractivity contribution in [3.8, 4) is 5.69 Å². The first kappa shape index (κ1) is 25.1. The Morgan fingerprint density at radius 2 is 1.79 bits per heavy atom. The molecule has 0 aliphatic heterocycles. The van der Waals surface area contributed by atoms with Gasteiger partial charge in [-0.1, -0.05) is 17.7 Å². The highest BCUT2D eigenvalue weighted by Gasteiger charge is 2.36. The number of alkyl halides is 6. The Bertz CT molecular complexity index is 1190. The molecule has 2 amide bonds. The minimum Gasteiger partial charge on any atom is -0.362 e. The van der Waals surface area contributed by atoms with Crippen LogP contribution in [0.25, 0.3) is 5.69 Å². The van der Waals surface area contributed by atoms with E-state index in [0.29, 0.717) is 6.07 Å². The second kappa shape index (κ2) is 9.41. The lowest BCUT2D eigenvalue weighted by atomic mass is 10.2. The molecule has 14 heteroatoms. The molecule has 7 nitrogen and oxygen atoms in total. The van der Waals surface area contributed by atoms with Gasteiger partial charge in [0, 0.05) is 19.1 Å². The van der Waals surface area contributed by atoms with Gasteiger partial charge in [0.2, 0.25) is 0 Å². The van der Waals surface area contributed by atoms with Crippen LogP contribution in [0.4, 0.5) is 42.6 Å². The second-order valence-corrected chi connectivity index (χ2v) is 7.64. The first-order chi connectivity index (χ1) is 15.8. The van der Waals surface area contributed by atoms with E-state index in [1.807, 2.05) is 0 Å². The van der Waals surface area contributed by atoms with Gasteiger partial charge in [-0.25, -0.2) is 14.5 Å². The number of urea groups is 1. The predicted molar refractivity (Wildman–Crippen MR) is 113 cm³/mol. The van der Waals surface area contributed by atoms with E-state index in [9.17, 15) is 31.1 Å². The number of aromatic nitrogens is 3. The van der Waals surface area contributed by atoms with Crippen LogP contribution in [0, 0.1) is 0 Å². The van der Waals surface area contributed by atoms with Crippen LogP contribution in [0.5, 0.6) is 0 Å². The lowest BCUT2D eigenvalue weighted by Gasteiger charge is -2.19. The Hall–Kier alpha value is -3.48. The number of carbonyl (C=O) groups is 1. The molecule has 2 N–H and O–H groups in total. The van der Waals surface area contributed by atoms with E-state index in [1.165, 1.54) is 43.3 Å². The summed E-state index contributed by atoms with van der Waals surface area (Å²) in [7, 11) is 2.77. The van der Waals surface area contributed by atoms with Gasteiger partial charge < -0.3 is 15.5 Å². The molecule has 0 atom stereocenters. The van der Waals surface area contributed by atoms with Crippen LogP contribution in [0.1, 0.15) is 17.0 Å². The fraction of sp³-hybridized carbons (Fsp3) is 0.250. The Morgan fingerprint density at radius 3 is 2.38 bits per heavy atom. The van der Waals surface area contributed by atoms with Crippen LogP contribution in [0.3, 0.4) is 0 Å². The number of carbonyl (C=O) groups excluding carboxylic acids is 1. The number of anilines is 2. The zero-order chi connectivity index (χ0) is 25.3. The number of halogens is 7. The maximum atomic E-state index is 13.3. The van der Waals surface area contributed by atoms with Gasteiger partial charge in [-0.15, -0.1) is 0 Å². The molecule has 0 radical (unpaired) electrons. The molecule has 0 spiro atoms. The van der Waals surface area contributed by atoms with E-state index in [-0.39, 0.29) is 27.9 Å². The van der Waals surface area contributed by atoms with Crippen molar-refractivity contribution in [1.82, 2.24) is 20.1 Å². The summed E-state index contributed by atoms with van der Waals surface area (Å²) in [5.74, 6) is -0.344. The number of amides is 2. The third kappa shape index (κ3) is 5.90. The number of nitrogens with zero attached hydrogens (tertiary/aromatic N) is 4. The van der Waals surface area contributed by atoms with Crippen LogP contribution in [-0.4, -0.2) is 34.9 Å². The number of nitrogens with one attached hydrogen (secondary N) is 2. The first-order valence-electron chi connectivity index (χ1n) is 9.47. The van der Waals surface area contributed by atoms with Crippen molar-refractivity contribution >= 4 is 29.1 Å². The van der Waals surface area contributed by atoms with E-state index in [1.54, 1.807) is 0 Å². The SMILES string of the molecule is CN(C)c1ncc(NC(=O)NCc2cc(C(F)(F)F)nn2-c2cccc(Cl)c2)cc1C(F)(F)F. The van der Waals surface area contributed by atoms with Gasteiger partial charge in [0.15, 0.2) is 5.69 Å². The minimum absolute atomic E-state index is 0.0400. The highest BCUT2D eigenvalue weighted by molar-refractivity contribution is 6.30. The Morgan fingerprint density at radius 1 is 1.09 bits per heavy atom. The monoisotopic (exact) mass is 506 g/mol. The van der Waals surface area contributed by atoms with Gasteiger partial charge in [-0.3, -0.25) is 0 Å². The van der Waals surface area contributed by atoms with Gasteiger partial charge >= 0.3 is 18.4 Å². The summed E-state index contributed by atoms with van der Waals surface area (Å²) < 4.78 is 80.5. The summed E-state index contributed by atoms with van der Waals surface area (Å²) in [6, 6.07) is 6.39. The molecule has 0 saturated heterocycles. The van der Waals surface area contributed by atoms with Crippen molar-refractivity contribution < 1.29 is 31.1 Å². The maximum absolute atomic E-state index is 13.3. The van der Waals surface area contributed by atoms with E-state index >= 15 is 0 Å². The molecule has 0 fully saturated rings. The van der Waals surface area contributed by atoms with Crippen molar-refractivity contribution in [2.75, 3.05) is 24.3 Å². The number of hydrogen-bond acceptors (Lipinski definition) is 4. The highest BCUT2D eigenvalue weighted by Crippen LogP contribution is 2.36. The minimum atomic E-state index is -4.74. The fourth-order valence-electron chi connectivity index (χ4n) is 2.95. The van der Waals surface area contributed by atoms with Gasteiger partial charge in [-0.2, -0.15) is 31.4 Å². The summed E-state index contributed by atoms with van der Waals surface area (Å²) >= 11 is 5.90. The zero-order valence-electron chi connectivity index (χ0n) is 17.6. The van der Waals surface area contributed by atoms with Gasteiger partial charge in [0.1, 0.15) is 11.4 Å². The van der Waals surface area contributed by atoms with Crippen LogP contribution in [0.2, 0.25) is 5.02 Å². The van der Waals surface area contributed by atoms with E-state index in [2.05, 4.69) is 20.7 Å². The van der Waals surface area contributed by atoms with Crippen LogP contribution in [-0.2, 0) is 18.9 Å². The Labute approximate surface area is 194 Å². The lowest BCUT2D eigenvalue weighted by molar-refractivity contribution is -0.141. The van der Waals surface area contributed by atoms with Crippen LogP contribution in [0.15, 0.2) is 42.6 Å². The number of pyridine rings is 1. The van der Waals surface area contributed by atoms with Gasteiger partial charge in [0.05, 0.1) is 29.8 Å². The van der Waals surface area contributed by atoms with E-state index < -0.39 is 36.2 Å². The quantitative estimate of drug-likeness (QED) is 0.458. The summed E-state index contributed by atoms with van der Waals surface area (Å²) in [6.45, 7) is -0.420. The molecule has 0 aliphatic rings. The third-order valence-corrected chi connectivity index (χ3v) is 4.65. The standard InChI is InChI=1S/C20H17ClF6N6O/c1-32(2)17-15(19(22,23)24)7-12(9-28-17)30-18(34)29-10-14-8-16(20(25,26)27)31-33(14)13-5-3-4-11(21)6-13/h3-9H,10H2,1-2H3,(H2,29,30,34). The van der Waals surface area contributed by atoms with Crippen molar-refractivity contribution in [3.05, 3.63) is 64.6 Å². The Balaban J connectivity index is 1.81. The van der Waals surface area contributed by atoms with Crippen molar-refractivity contribution in [1.29, 1.82) is 0 Å². The first-order valence-corrected chi connectivity index (χ1v) is 9.85. The second-order valence-electron chi connectivity index (χ2n) is 7.21. The van der Waals surface area contributed by atoms with E-state index in [0.717, 1.165) is 16.9 Å². The van der Waals surface area contributed by atoms with Crippen molar-refractivity contribution in [2.24, 2.45) is 0 Å². The molecule has 1 aromatic carbocycles. The summed E-state index contributed by atoms with van der Waals surface area (Å²) in [5, 5.41) is 8.29.